The predicted octanol–water partition coefficient (Wildman–Crippen LogP) is 4.25. The zero-order valence-electron chi connectivity index (χ0n) is 9.02. The quantitative estimate of drug-likeness (QED) is 0.539. The van der Waals surface area contributed by atoms with Crippen molar-refractivity contribution in [1.29, 1.82) is 0 Å². The highest BCUT2D eigenvalue weighted by atomic mass is 35.5. The maximum Gasteiger partial charge on any atom is 0.148 e. The van der Waals surface area contributed by atoms with Gasteiger partial charge >= 0.3 is 0 Å². The number of nitrogen functional groups attached to an aromatic ring is 1. The molecular weight excluding hydrogens is 289 g/mol. The van der Waals surface area contributed by atoms with Crippen LogP contribution in [-0.4, -0.2) is 9.97 Å². The van der Waals surface area contributed by atoms with Crippen molar-refractivity contribution >= 4 is 50.4 Å². The van der Waals surface area contributed by atoms with Crippen LogP contribution in [0, 0.1) is 0 Å². The van der Waals surface area contributed by atoms with E-state index in [2.05, 4.69) is 9.97 Å². The van der Waals surface area contributed by atoms with E-state index in [0.29, 0.717) is 15.9 Å². The Morgan fingerprint density at radius 2 is 2.00 bits per heavy atom. The zero-order chi connectivity index (χ0) is 12.7. The number of nitrogens with zero attached hydrogens (tertiary/aromatic N) is 2. The molecule has 90 valence electrons. The Balaban J connectivity index is 2.30. The lowest BCUT2D eigenvalue weighted by Gasteiger charge is -2.03. The summed E-state index contributed by atoms with van der Waals surface area (Å²) >= 11 is 13.6. The Morgan fingerprint density at radius 3 is 2.72 bits per heavy atom. The maximum absolute atomic E-state index is 6.17. The van der Waals surface area contributed by atoms with E-state index in [1.165, 1.54) is 11.3 Å². The highest BCUT2D eigenvalue weighted by Crippen LogP contribution is 2.39. The highest BCUT2D eigenvalue weighted by molar-refractivity contribution is 7.22. The van der Waals surface area contributed by atoms with Crippen molar-refractivity contribution in [1.82, 2.24) is 9.97 Å². The average Bonchev–Trinajstić information content (AvgIpc) is 2.74. The Bertz CT molecular complexity index is 719. The largest absolute Gasteiger partial charge is 0.398 e. The molecule has 1 aromatic carbocycles. The summed E-state index contributed by atoms with van der Waals surface area (Å²) in [4.78, 5) is 8.53. The predicted molar refractivity (Wildman–Crippen MR) is 77.3 cm³/mol. The van der Waals surface area contributed by atoms with E-state index < -0.39 is 0 Å². The van der Waals surface area contributed by atoms with Crippen LogP contribution in [-0.2, 0) is 0 Å². The minimum atomic E-state index is 0.446. The van der Waals surface area contributed by atoms with Gasteiger partial charge in [0.15, 0.2) is 0 Å². The van der Waals surface area contributed by atoms with E-state index in [4.69, 9.17) is 28.9 Å². The summed E-state index contributed by atoms with van der Waals surface area (Å²) < 4.78 is 0.841. The number of hydrogen-bond acceptors (Lipinski definition) is 4. The minimum absolute atomic E-state index is 0.446. The van der Waals surface area contributed by atoms with Gasteiger partial charge in [0, 0.05) is 11.9 Å². The van der Waals surface area contributed by atoms with E-state index in [9.17, 15) is 0 Å². The average molecular weight is 296 g/mol. The van der Waals surface area contributed by atoms with Gasteiger partial charge in [0.2, 0.25) is 0 Å². The van der Waals surface area contributed by atoms with Gasteiger partial charge in [0.1, 0.15) is 10.2 Å². The summed E-state index contributed by atoms with van der Waals surface area (Å²) in [5, 5.41) is 1.78. The van der Waals surface area contributed by atoms with Crippen LogP contribution in [0.4, 0.5) is 5.69 Å². The summed E-state index contributed by atoms with van der Waals surface area (Å²) in [6.07, 6.45) is 1.63. The topological polar surface area (TPSA) is 51.8 Å². The Labute approximate surface area is 117 Å². The van der Waals surface area contributed by atoms with E-state index >= 15 is 0 Å². The first-order valence-corrected chi connectivity index (χ1v) is 6.69. The molecule has 0 bridgehead atoms. The molecule has 3 nitrogen and oxygen atoms in total. The number of pyridine rings is 1. The van der Waals surface area contributed by atoms with Crippen LogP contribution in [0.3, 0.4) is 0 Å². The summed E-state index contributed by atoms with van der Waals surface area (Å²) in [5.74, 6) is 0. The van der Waals surface area contributed by atoms with E-state index in [1.54, 1.807) is 18.3 Å². The van der Waals surface area contributed by atoms with Gasteiger partial charge in [-0.1, -0.05) is 29.3 Å². The smallest absolute Gasteiger partial charge is 0.148 e. The molecule has 3 rings (SSSR count). The fourth-order valence-electron chi connectivity index (χ4n) is 1.70. The van der Waals surface area contributed by atoms with E-state index in [0.717, 1.165) is 20.8 Å². The lowest BCUT2D eigenvalue weighted by Crippen LogP contribution is -1.89. The Morgan fingerprint density at radius 1 is 1.17 bits per heavy atom. The molecule has 0 aliphatic rings. The van der Waals surface area contributed by atoms with Crippen molar-refractivity contribution in [3.8, 4) is 10.6 Å². The second-order valence-electron chi connectivity index (χ2n) is 3.67. The standard InChI is InChI=1S/C12H7Cl2N3S/c13-6-2-1-3-7(15)9(6)12-17-8-4-5-16-11(14)10(8)18-12/h1-5H,15H2. The lowest BCUT2D eigenvalue weighted by atomic mass is 10.2. The molecule has 0 saturated heterocycles. The highest BCUT2D eigenvalue weighted by Gasteiger charge is 2.14. The van der Waals surface area contributed by atoms with Crippen molar-refractivity contribution in [2.75, 3.05) is 5.73 Å². The van der Waals surface area contributed by atoms with E-state index in [1.807, 2.05) is 12.1 Å². The molecule has 0 spiro atoms. The zero-order valence-corrected chi connectivity index (χ0v) is 11.4. The number of nitrogens with two attached hydrogens (primary N) is 1. The minimum Gasteiger partial charge on any atom is -0.398 e. The van der Waals surface area contributed by atoms with Gasteiger partial charge in [0.25, 0.3) is 0 Å². The molecule has 3 aromatic rings. The second-order valence-corrected chi connectivity index (χ2v) is 5.44. The summed E-state index contributed by atoms with van der Waals surface area (Å²) in [6, 6.07) is 7.21. The van der Waals surface area contributed by atoms with Crippen molar-refractivity contribution in [3.63, 3.8) is 0 Å². The molecular formula is C12H7Cl2N3S. The maximum atomic E-state index is 6.17. The van der Waals surface area contributed by atoms with Crippen LogP contribution in [0.25, 0.3) is 20.8 Å². The van der Waals surface area contributed by atoms with Gasteiger partial charge in [-0.2, -0.15) is 0 Å². The molecule has 0 amide bonds. The third-order valence-corrected chi connectivity index (χ3v) is 4.33. The van der Waals surface area contributed by atoms with Crippen LogP contribution in [0.5, 0.6) is 0 Å². The van der Waals surface area contributed by atoms with Gasteiger partial charge < -0.3 is 5.73 Å². The van der Waals surface area contributed by atoms with Crippen LogP contribution in [0.2, 0.25) is 10.2 Å². The summed E-state index contributed by atoms with van der Waals surface area (Å²) in [5.41, 5.74) is 8.10. The van der Waals surface area contributed by atoms with Gasteiger partial charge in [0.05, 0.1) is 20.8 Å². The second kappa shape index (κ2) is 4.39. The Hall–Kier alpha value is -1.36. The van der Waals surface area contributed by atoms with Gasteiger partial charge in [-0.25, -0.2) is 9.97 Å². The monoisotopic (exact) mass is 295 g/mol. The number of halogens is 2. The molecule has 6 heteroatoms. The molecule has 18 heavy (non-hydrogen) atoms. The molecule has 0 unspecified atom stereocenters. The molecule has 0 aliphatic heterocycles. The molecule has 0 fully saturated rings. The fraction of sp³-hybridized carbons (Fsp3) is 0. The molecule has 0 atom stereocenters. The first-order chi connectivity index (χ1) is 8.66. The number of benzene rings is 1. The van der Waals surface area contributed by atoms with Gasteiger partial charge in [-0.05, 0) is 18.2 Å². The Kier molecular flexibility index (Phi) is 2.86. The number of thiazole rings is 1. The number of fused-ring (bicyclic) bond motifs is 1. The number of anilines is 1. The van der Waals surface area contributed by atoms with Gasteiger partial charge in [-0.3, -0.25) is 0 Å². The number of hydrogen-bond donors (Lipinski definition) is 1. The first-order valence-electron chi connectivity index (χ1n) is 5.12. The van der Waals surface area contributed by atoms with E-state index in [-0.39, 0.29) is 0 Å². The van der Waals surface area contributed by atoms with Crippen molar-refractivity contribution in [3.05, 3.63) is 40.6 Å². The molecule has 0 aliphatic carbocycles. The third-order valence-electron chi connectivity index (χ3n) is 2.52. The first kappa shape index (κ1) is 11.7. The van der Waals surface area contributed by atoms with Crippen LogP contribution in [0.1, 0.15) is 0 Å². The third kappa shape index (κ3) is 1.82. The molecule has 0 saturated carbocycles. The number of rotatable bonds is 1. The molecule has 2 heterocycles. The lowest BCUT2D eigenvalue weighted by molar-refractivity contribution is 1.35. The fourth-order valence-corrected chi connectivity index (χ4v) is 3.32. The van der Waals surface area contributed by atoms with Crippen molar-refractivity contribution < 1.29 is 0 Å². The SMILES string of the molecule is Nc1cccc(Cl)c1-c1nc2ccnc(Cl)c2s1. The molecule has 2 aromatic heterocycles. The van der Waals surface area contributed by atoms with Gasteiger partial charge in [-0.15, -0.1) is 11.3 Å². The summed E-state index contributed by atoms with van der Waals surface area (Å²) in [7, 11) is 0. The van der Waals surface area contributed by atoms with Crippen LogP contribution < -0.4 is 5.73 Å². The van der Waals surface area contributed by atoms with Crippen LogP contribution >= 0.6 is 34.5 Å². The normalized spacial score (nSPS) is 11.0. The van der Waals surface area contributed by atoms with Crippen LogP contribution in [0.15, 0.2) is 30.5 Å². The molecule has 2 N–H and O–H groups in total. The summed E-state index contributed by atoms with van der Waals surface area (Å²) in [6.45, 7) is 0. The number of aromatic nitrogens is 2. The molecule has 0 radical (unpaired) electrons. The van der Waals surface area contributed by atoms with Crippen molar-refractivity contribution in [2.24, 2.45) is 0 Å². The van der Waals surface area contributed by atoms with Crippen molar-refractivity contribution in [2.45, 2.75) is 0 Å².